The van der Waals surface area contributed by atoms with E-state index in [1.54, 1.807) is 0 Å². The number of fused-ring (bicyclic) bond motifs is 1. The molecule has 0 bridgehead atoms. The second-order valence-electron chi connectivity index (χ2n) is 4.65. The lowest BCUT2D eigenvalue weighted by atomic mass is 10.1. The third-order valence-corrected chi connectivity index (χ3v) is 2.87. The van der Waals surface area contributed by atoms with Crippen LogP contribution in [0.2, 0.25) is 0 Å². The van der Waals surface area contributed by atoms with E-state index in [1.165, 1.54) is 0 Å². The van der Waals surface area contributed by atoms with E-state index in [-0.39, 0.29) is 0 Å². The van der Waals surface area contributed by atoms with Crippen LogP contribution in [0.15, 0.2) is 12.1 Å². The van der Waals surface area contributed by atoms with E-state index in [4.69, 9.17) is 5.73 Å². The molecule has 0 aliphatic carbocycles. The van der Waals surface area contributed by atoms with Gasteiger partial charge in [0.15, 0.2) is 5.65 Å². The second-order valence-corrected chi connectivity index (χ2v) is 4.65. The van der Waals surface area contributed by atoms with Crippen molar-refractivity contribution in [2.75, 3.05) is 5.73 Å². The van der Waals surface area contributed by atoms with Crippen molar-refractivity contribution in [3.63, 3.8) is 0 Å². The Morgan fingerprint density at radius 1 is 0.680 bits per heavy atom. The Morgan fingerprint density at radius 3 is 1.68 bits per heavy atom. The zero-order valence-electron chi connectivity index (χ0n) is 11.4. The predicted octanol–water partition coefficient (Wildman–Crippen LogP) is 3.92. The van der Waals surface area contributed by atoms with Crippen molar-refractivity contribution in [1.82, 2.24) is 15.0 Å². The molecular weight excluding hydrogens is 378 g/mol. The van der Waals surface area contributed by atoms with Crippen LogP contribution >= 0.6 is 0 Å². The summed E-state index contributed by atoms with van der Waals surface area (Å²) in [4.78, 5) is 7.95. The first-order valence-electron chi connectivity index (χ1n) is 5.93. The number of rotatable bonds is 2. The summed E-state index contributed by atoms with van der Waals surface area (Å²) >= 11 is 0. The van der Waals surface area contributed by atoms with Crippen LogP contribution in [0.5, 0.6) is 0 Å². The highest BCUT2D eigenvalue weighted by atomic mass is 19.4. The maximum Gasteiger partial charge on any atom is 0.461 e. The molecule has 0 amide bonds. The zero-order valence-corrected chi connectivity index (χ0v) is 11.4. The lowest BCUT2D eigenvalue weighted by Crippen LogP contribution is -2.39. The van der Waals surface area contributed by atoms with E-state index in [0.717, 1.165) is 6.07 Å². The predicted molar refractivity (Wildman–Crippen MR) is 61.6 cm³/mol. The molecular formula is C11H4F10N4. The fourth-order valence-corrected chi connectivity index (χ4v) is 1.67. The highest BCUT2D eigenvalue weighted by Gasteiger charge is 2.64. The Labute approximate surface area is 130 Å². The van der Waals surface area contributed by atoms with Gasteiger partial charge in [-0.2, -0.15) is 43.9 Å². The van der Waals surface area contributed by atoms with Crippen LogP contribution in [0.3, 0.4) is 0 Å². The molecule has 2 aromatic rings. The number of anilines is 1. The molecule has 0 aromatic carbocycles. The van der Waals surface area contributed by atoms with Gasteiger partial charge in [-0.05, 0) is 12.1 Å². The Hall–Kier alpha value is -2.41. The number of aromatic nitrogens is 3. The van der Waals surface area contributed by atoms with Gasteiger partial charge < -0.3 is 5.73 Å². The lowest BCUT2D eigenvalue weighted by molar-refractivity contribution is -0.296. The third kappa shape index (κ3) is 3.00. The van der Waals surface area contributed by atoms with Crippen LogP contribution < -0.4 is 5.73 Å². The molecule has 0 saturated heterocycles. The second kappa shape index (κ2) is 5.29. The van der Waals surface area contributed by atoms with Gasteiger partial charge in [-0.3, -0.25) is 0 Å². The normalized spacial score (nSPS) is 14.2. The van der Waals surface area contributed by atoms with Gasteiger partial charge in [0.1, 0.15) is 11.5 Å². The molecule has 0 atom stereocenters. The fraction of sp³-hybridized carbons (Fsp3) is 0.364. The summed E-state index contributed by atoms with van der Waals surface area (Å²) in [5.74, 6) is -14.9. The number of hydrogen-bond acceptors (Lipinski definition) is 4. The van der Waals surface area contributed by atoms with E-state index in [2.05, 4.69) is 15.0 Å². The molecule has 2 rings (SSSR count). The van der Waals surface area contributed by atoms with E-state index in [1.807, 2.05) is 0 Å². The summed E-state index contributed by atoms with van der Waals surface area (Å²) in [7, 11) is 0. The Kier molecular flexibility index (Phi) is 4.01. The number of nitrogens with two attached hydrogens (primary N) is 1. The van der Waals surface area contributed by atoms with Crippen LogP contribution in [0.25, 0.3) is 11.0 Å². The molecule has 2 heterocycles. The van der Waals surface area contributed by atoms with Crippen LogP contribution in [0.1, 0.15) is 11.5 Å². The van der Waals surface area contributed by atoms with Crippen molar-refractivity contribution >= 4 is 16.9 Å². The number of nitrogens with zero attached hydrogens (tertiary/aromatic N) is 3. The average Bonchev–Trinajstić information content (AvgIpc) is 2.43. The summed E-state index contributed by atoms with van der Waals surface area (Å²) in [5, 5.41) is -1.18. The maximum absolute atomic E-state index is 13.6. The minimum absolute atomic E-state index is 0.502. The number of nitrogen functional groups attached to an aromatic ring is 1. The standard InChI is InChI=1S/C11H4F10N4/c12-8(13,10(16,17)18)5-3-1-2-4(22)23-6(3)25-7(24-5)9(14,15)11(19,20)21/h1-2H,(H2,22,23,24,25). The first-order chi connectivity index (χ1) is 11.1. The first kappa shape index (κ1) is 18.9. The molecule has 0 saturated carbocycles. The van der Waals surface area contributed by atoms with Gasteiger partial charge in [0.2, 0.25) is 5.82 Å². The van der Waals surface area contributed by atoms with Gasteiger partial charge in [-0.15, -0.1) is 0 Å². The molecule has 2 aromatic heterocycles. The van der Waals surface area contributed by atoms with Gasteiger partial charge in [-0.25, -0.2) is 15.0 Å². The van der Waals surface area contributed by atoms with Crippen molar-refractivity contribution in [3.05, 3.63) is 23.7 Å². The fourth-order valence-electron chi connectivity index (χ4n) is 1.67. The lowest BCUT2D eigenvalue weighted by Gasteiger charge is -2.23. The van der Waals surface area contributed by atoms with Crippen molar-refractivity contribution < 1.29 is 43.9 Å². The average molecular weight is 382 g/mol. The summed E-state index contributed by atoms with van der Waals surface area (Å²) in [5.41, 5.74) is 1.46. The zero-order chi connectivity index (χ0) is 19.4. The number of pyridine rings is 1. The van der Waals surface area contributed by atoms with Gasteiger partial charge in [-0.1, -0.05) is 0 Å². The van der Waals surface area contributed by atoms with Gasteiger partial charge in [0, 0.05) is 5.39 Å². The van der Waals surface area contributed by atoms with Crippen molar-refractivity contribution in [2.45, 2.75) is 24.2 Å². The molecule has 4 nitrogen and oxygen atoms in total. The molecule has 0 radical (unpaired) electrons. The largest absolute Gasteiger partial charge is 0.461 e. The molecule has 0 aliphatic heterocycles. The quantitative estimate of drug-likeness (QED) is 0.800. The molecule has 138 valence electrons. The topological polar surface area (TPSA) is 64.7 Å². The minimum atomic E-state index is -6.34. The molecule has 2 N–H and O–H groups in total. The van der Waals surface area contributed by atoms with Crippen molar-refractivity contribution in [2.24, 2.45) is 0 Å². The molecule has 14 heteroatoms. The SMILES string of the molecule is Nc1ccc2c(C(F)(F)C(F)(F)F)nc(C(F)(F)C(F)(F)F)nc2n1. The first-order valence-corrected chi connectivity index (χ1v) is 5.93. The molecule has 0 unspecified atom stereocenters. The van der Waals surface area contributed by atoms with Crippen LogP contribution in [0.4, 0.5) is 49.7 Å². The van der Waals surface area contributed by atoms with Crippen molar-refractivity contribution in [3.8, 4) is 0 Å². The third-order valence-electron chi connectivity index (χ3n) is 2.87. The molecule has 25 heavy (non-hydrogen) atoms. The Bertz CT molecular complexity index is 811. The summed E-state index contributed by atoms with van der Waals surface area (Å²) in [6.45, 7) is 0. The van der Waals surface area contributed by atoms with Gasteiger partial charge in [0.05, 0.1) is 0 Å². The highest BCUT2D eigenvalue weighted by molar-refractivity contribution is 5.79. The van der Waals surface area contributed by atoms with E-state index < -0.39 is 52.6 Å². The van der Waals surface area contributed by atoms with Crippen LogP contribution in [-0.4, -0.2) is 27.3 Å². The molecule has 0 aliphatic rings. The maximum atomic E-state index is 13.6. The number of halogens is 10. The summed E-state index contributed by atoms with van der Waals surface area (Å²) in [6, 6.07) is 1.23. The minimum Gasteiger partial charge on any atom is -0.384 e. The summed E-state index contributed by atoms with van der Waals surface area (Å²) < 4.78 is 128. The smallest absolute Gasteiger partial charge is 0.384 e. The van der Waals surface area contributed by atoms with E-state index >= 15 is 0 Å². The molecule has 0 fully saturated rings. The molecule has 0 spiro atoms. The van der Waals surface area contributed by atoms with Gasteiger partial charge in [0.25, 0.3) is 0 Å². The van der Waals surface area contributed by atoms with Crippen LogP contribution in [0, 0.1) is 0 Å². The van der Waals surface area contributed by atoms with Gasteiger partial charge >= 0.3 is 24.2 Å². The van der Waals surface area contributed by atoms with Crippen molar-refractivity contribution in [1.29, 1.82) is 0 Å². The summed E-state index contributed by atoms with van der Waals surface area (Å²) in [6.07, 6.45) is -12.7. The van der Waals surface area contributed by atoms with E-state index in [0.29, 0.717) is 6.07 Å². The van der Waals surface area contributed by atoms with Crippen LogP contribution in [-0.2, 0) is 11.8 Å². The Morgan fingerprint density at radius 2 is 1.20 bits per heavy atom. The number of hydrogen-bond donors (Lipinski definition) is 1. The Balaban J connectivity index is 2.90. The number of alkyl halides is 10. The van der Waals surface area contributed by atoms with E-state index in [9.17, 15) is 43.9 Å². The highest BCUT2D eigenvalue weighted by Crippen LogP contribution is 2.47. The monoisotopic (exact) mass is 382 g/mol.